The molecule has 1 amide bonds. The van der Waals surface area contributed by atoms with Crippen molar-refractivity contribution >= 4 is 5.91 Å². The maximum atomic E-state index is 12.3. The highest BCUT2D eigenvalue weighted by molar-refractivity contribution is 5.93. The van der Waals surface area contributed by atoms with Gasteiger partial charge in [0, 0.05) is 0 Å². The summed E-state index contributed by atoms with van der Waals surface area (Å²) in [6, 6.07) is 1.68. The van der Waals surface area contributed by atoms with Crippen LogP contribution in [-0.2, 0) is 5.60 Å². The van der Waals surface area contributed by atoms with Crippen LogP contribution >= 0.6 is 0 Å². The topological polar surface area (TPSA) is 93.2 Å². The van der Waals surface area contributed by atoms with Crippen molar-refractivity contribution in [3.8, 4) is 0 Å². The zero-order valence-electron chi connectivity index (χ0n) is 13.4. The van der Waals surface area contributed by atoms with E-state index in [1.807, 2.05) is 0 Å². The second-order valence-corrected chi connectivity index (χ2v) is 6.59. The van der Waals surface area contributed by atoms with Crippen molar-refractivity contribution in [2.24, 2.45) is 0 Å². The van der Waals surface area contributed by atoms with Gasteiger partial charge in [-0.1, -0.05) is 18.1 Å². The molecule has 2 N–H and O–H groups in total. The average molecular weight is 318 g/mol. The molecule has 0 aliphatic heterocycles. The molecule has 2 aromatic rings. The first kappa shape index (κ1) is 15.7. The number of aromatic nitrogens is 3. The van der Waals surface area contributed by atoms with Crippen molar-refractivity contribution in [3.63, 3.8) is 0 Å². The number of hydrogen-bond acceptors (Lipinski definition) is 5. The summed E-state index contributed by atoms with van der Waals surface area (Å²) >= 11 is 0. The van der Waals surface area contributed by atoms with Crippen LogP contribution in [0.4, 0.5) is 0 Å². The minimum Gasteiger partial charge on any atom is -0.472 e. The number of amides is 1. The van der Waals surface area contributed by atoms with Crippen molar-refractivity contribution in [3.05, 3.63) is 36.0 Å². The van der Waals surface area contributed by atoms with E-state index in [1.165, 1.54) is 12.5 Å². The smallest absolute Gasteiger partial charge is 0.254 e. The quantitative estimate of drug-likeness (QED) is 0.899. The molecule has 2 heterocycles. The first-order valence-corrected chi connectivity index (χ1v) is 7.93. The van der Waals surface area contributed by atoms with Gasteiger partial charge in [-0.2, -0.15) is 0 Å². The Morgan fingerprint density at radius 1 is 1.43 bits per heavy atom. The number of nitrogens with one attached hydrogen (secondary N) is 1. The van der Waals surface area contributed by atoms with Gasteiger partial charge in [0.25, 0.3) is 5.91 Å². The number of carbonyl (C=O) groups is 1. The number of aliphatic hydroxyl groups is 1. The monoisotopic (exact) mass is 318 g/mol. The molecule has 0 bridgehead atoms. The Balaban J connectivity index is 1.76. The Hall–Kier alpha value is -2.15. The molecule has 3 rings (SSSR count). The fraction of sp³-hybridized carbons (Fsp3) is 0.562. The van der Waals surface area contributed by atoms with E-state index in [2.05, 4.69) is 15.6 Å². The zero-order chi connectivity index (χ0) is 16.4. The molecule has 0 aromatic carbocycles. The second kappa shape index (κ2) is 6.16. The minimum absolute atomic E-state index is 0.0116. The molecular weight excluding hydrogens is 296 g/mol. The van der Waals surface area contributed by atoms with Gasteiger partial charge in [-0.3, -0.25) is 4.79 Å². The summed E-state index contributed by atoms with van der Waals surface area (Å²) in [5.41, 5.74) is 0.0238. The van der Waals surface area contributed by atoms with Gasteiger partial charge in [0.15, 0.2) is 0 Å². The summed E-state index contributed by atoms with van der Waals surface area (Å²) in [4.78, 5) is 12.3. The largest absolute Gasteiger partial charge is 0.472 e. The van der Waals surface area contributed by atoms with E-state index in [0.29, 0.717) is 11.3 Å². The maximum absolute atomic E-state index is 12.3. The number of hydrogen-bond donors (Lipinski definition) is 2. The predicted molar refractivity (Wildman–Crippen MR) is 82.7 cm³/mol. The fourth-order valence-electron chi connectivity index (χ4n) is 2.96. The van der Waals surface area contributed by atoms with E-state index >= 15 is 0 Å². The summed E-state index contributed by atoms with van der Waals surface area (Å²) in [5.74, 6) is -0.140. The van der Waals surface area contributed by atoms with Crippen molar-refractivity contribution in [2.45, 2.75) is 57.2 Å². The molecule has 124 valence electrons. The van der Waals surface area contributed by atoms with E-state index in [4.69, 9.17) is 4.42 Å². The first-order valence-electron chi connectivity index (χ1n) is 7.93. The Labute approximate surface area is 134 Å². The van der Waals surface area contributed by atoms with Crippen molar-refractivity contribution < 1.29 is 14.3 Å². The van der Waals surface area contributed by atoms with Gasteiger partial charge in [0.2, 0.25) is 0 Å². The van der Waals surface area contributed by atoms with Gasteiger partial charge in [0.1, 0.15) is 17.6 Å². The highest BCUT2D eigenvalue weighted by Gasteiger charge is 2.30. The van der Waals surface area contributed by atoms with Crippen LogP contribution in [0.5, 0.6) is 0 Å². The molecule has 0 spiro atoms. The normalized spacial score (nSPS) is 22.0. The molecule has 0 radical (unpaired) electrons. The molecule has 23 heavy (non-hydrogen) atoms. The van der Waals surface area contributed by atoms with Gasteiger partial charge in [-0.05, 0) is 32.8 Å². The Bertz CT molecular complexity index is 657. The summed E-state index contributed by atoms with van der Waals surface area (Å²) in [6.45, 7) is 3.36. The average Bonchev–Trinajstić information content (AvgIpc) is 3.19. The van der Waals surface area contributed by atoms with Gasteiger partial charge >= 0.3 is 0 Å². The van der Waals surface area contributed by atoms with Crippen molar-refractivity contribution in [2.75, 3.05) is 0 Å². The lowest BCUT2D eigenvalue weighted by Crippen LogP contribution is -2.43. The zero-order valence-corrected chi connectivity index (χ0v) is 13.4. The van der Waals surface area contributed by atoms with Crippen molar-refractivity contribution in [1.29, 1.82) is 0 Å². The van der Waals surface area contributed by atoms with Crippen molar-refractivity contribution in [1.82, 2.24) is 20.3 Å². The van der Waals surface area contributed by atoms with E-state index < -0.39 is 5.60 Å². The molecule has 1 saturated carbocycles. The van der Waals surface area contributed by atoms with Gasteiger partial charge in [-0.15, -0.1) is 5.10 Å². The molecule has 1 aliphatic rings. The van der Waals surface area contributed by atoms with Crippen LogP contribution in [0.2, 0.25) is 0 Å². The van der Waals surface area contributed by atoms with E-state index in [1.54, 1.807) is 30.8 Å². The molecule has 1 fully saturated rings. The van der Waals surface area contributed by atoms with Gasteiger partial charge < -0.3 is 14.8 Å². The Morgan fingerprint density at radius 2 is 2.22 bits per heavy atom. The molecular formula is C16H22N4O3. The summed E-state index contributed by atoms with van der Waals surface area (Å²) in [7, 11) is 0. The molecule has 1 aliphatic carbocycles. The summed E-state index contributed by atoms with van der Waals surface area (Å²) < 4.78 is 6.73. The highest BCUT2D eigenvalue weighted by atomic mass is 16.3. The van der Waals surface area contributed by atoms with Crippen LogP contribution in [0.25, 0.3) is 0 Å². The number of furan rings is 1. The standard InChI is InChI=1S/C16H22N4O3/c1-16(2,22)14-9-20(19-18-14)13-6-4-3-5-12(13)17-15(21)11-7-8-23-10-11/h7-10,12-13,22H,3-6H2,1-2H3,(H,17,21)/t12-,13+/m0/s1. The number of rotatable bonds is 4. The summed E-state index contributed by atoms with van der Waals surface area (Å²) in [5, 5.41) is 21.3. The summed E-state index contributed by atoms with van der Waals surface area (Å²) in [6.07, 6.45) is 8.67. The third-order valence-electron chi connectivity index (χ3n) is 4.31. The molecule has 2 aromatic heterocycles. The molecule has 7 nitrogen and oxygen atoms in total. The fourth-order valence-corrected chi connectivity index (χ4v) is 2.96. The molecule has 2 atom stereocenters. The maximum Gasteiger partial charge on any atom is 0.254 e. The van der Waals surface area contributed by atoms with Gasteiger partial charge in [0.05, 0.1) is 30.1 Å². The third-order valence-corrected chi connectivity index (χ3v) is 4.31. The van der Waals surface area contributed by atoms with Crippen LogP contribution in [0, 0.1) is 0 Å². The number of carbonyl (C=O) groups excluding carboxylic acids is 1. The van der Waals surface area contributed by atoms with E-state index in [-0.39, 0.29) is 18.0 Å². The second-order valence-electron chi connectivity index (χ2n) is 6.59. The predicted octanol–water partition coefficient (Wildman–Crippen LogP) is 2.01. The lowest BCUT2D eigenvalue weighted by molar-refractivity contribution is 0.0735. The lowest BCUT2D eigenvalue weighted by atomic mass is 9.90. The van der Waals surface area contributed by atoms with Crippen LogP contribution in [0.3, 0.4) is 0 Å². The minimum atomic E-state index is -1.03. The van der Waals surface area contributed by atoms with E-state index in [0.717, 1.165) is 25.7 Å². The lowest BCUT2D eigenvalue weighted by Gasteiger charge is -2.31. The Morgan fingerprint density at radius 3 is 2.87 bits per heavy atom. The van der Waals surface area contributed by atoms with Crippen LogP contribution in [-0.4, -0.2) is 32.0 Å². The third kappa shape index (κ3) is 3.44. The molecule has 7 heteroatoms. The van der Waals surface area contributed by atoms with Gasteiger partial charge in [-0.25, -0.2) is 4.68 Å². The molecule has 0 unspecified atom stereocenters. The Kier molecular flexibility index (Phi) is 4.21. The SMILES string of the molecule is CC(C)(O)c1cn([C@@H]2CCCC[C@@H]2NC(=O)c2ccoc2)nn1. The van der Waals surface area contributed by atoms with Crippen LogP contribution in [0.15, 0.2) is 29.2 Å². The molecule has 0 saturated heterocycles. The number of nitrogens with zero attached hydrogens (tertiary/aromatic N) is 3. The van der Waals surface area contributed by atoms with Crippen LogP contribution < -0.4 is 5.32 Å². The first-order chi connectivity index (χ1) is 10.9. The van der Waals surface area contributed by atoms with E-state index in [9.17, 15) is 9.90 Å². The van der Waals surface area contributed by atoms with Crippen LogP contribution in [0.1, 0.15) is 61.6 Å². The highest BCUT2D eigenvalue weighted by Crippen LogP contribution is 2.29.